The van der Waals surface area contributed by atoms with Gasteiger partial charge in [-0.1, -0.05) is 11.6 Å². The molecule has 21 heavy (non-hydrogen) atoms. The summed E-state index contributed by atoms with van der Waals surface area (Å²) in [6.45, 7) is 4.06. The highest BCUT2D eigenvalue weighted by atomic mass is 35.5. The zero-order valence-electron chi connectivity index (χ0n) is 11.5. The Morgan fingerprint density at radius 3 is 2.76 bits per heavy atom. The van der Waals surface area contributed by atoms with Gasteiger partial charge in [-0.3, -0.25) is 9.67 Å². The third kappa shape index (κ3) is 2.71. The van der Waals surface area contributed by atoms with Crippen molar-refractivity contribution in [3.05, 3.63) is 46.3 Å². The fourth-order valence-corrected chi connectivity index (χ4v) is 2.96. The molecule has 6 heteroatoms. The van der Waals surface area contributed by atoms with Crippen molar-refractivity contribution in [3.8, 4) is 22.4 Å². The second-order valence-corrected chi connectivity index (χ2v) is 6.50. The molecule has 0 radical (unpaired) electrons. The second-order valence-electron chi connectivity index (χ2n) is 4.96. The summed E-state index contributed by atoms with van der Waals surface area (Å²) < 4.78 is 16.6. The van der Waals surface area contributed by atoms with E-state index in [0.29, 0.717) is 9.90 Å². The largest absolute Gasteiger partial charge is 0.269 e. The maximum Gasteiger partial charge on any atom is 0.149 e. The summed E-state index contributed by atoms with van der Waals surface area (Å²) in [5, 5.41) is 6.52. The van der Waals surface area contributed by atoms with Crippen molar-refractivity contribution in [2.45, 2.75) is 19.9 Å². The molecule has 3 heterocycles. The number of pyridine rings is 1. The van der Waals surface area contributed by atoms with Crippen LogP contribution in [0, 0.1) is 5.82 Å². The van der Waals surface area contributed by atoms with Crippen LogP contribution >= 0.6 is 22.9 Å². The lowest BCUT2D eigenvalue weighted by Gasteiger charge is -2.03. The summed E-state index contributed by atoms with van der Waals surface area (Å²) in [6, 6.07) is 3.70. The Bertz CT molecular complexity index is 779. The minimum atomic E-state index is -0.358. The highest BCUT2D eigenvalue weighted by molar-refractivity contribution is 7.14. The van der Waals surface area contributed by atoms with E-state index in [0.717, 1.165) is 16.8 Å². The average molecular weight is 322 g/mol. The van der Waals surface area contributed by atoms with E-state index in [9.17, 15) is 4.39 Å². The molecule has 0 spiro atoms. The first-order valence-electron chi connectivity index (χ1n) is 6.49. The Kier molecular flexibility index (Phi) is 3.78. The summed E-state index contributed by atoms with van der Waals surface area (Å²) in [5.74, 6) is -0.358. The van der Waals surface area contributed by atoms with Crippen LogP contribution in [0.5, 0.6) is 0 Å². The molecule has 3 aromatic rings. The molecule has 0 bridgehead atoms. The summed E-state index contributed by atoms with van der Waals surface area (Å²) in [7, 11) is 0. The molecule has 108 valence electrons. The van der Waals surface area contributed by atoms with Gasteiger partial charge in [0.15, 0.2) is 0 Å². The first-order valence-corrected chi connectivity index (χ1v) is 7.75. The number of nitrogens with zero attached hydrogens (tertiary/aromatic N) is 3. The quantitative estimate of drug-likeness (QED) is 0.676. The predicted octanol–water partition coefficient (Wildman–Crippen LogP) is 5.05. The molecule has 3 nitrogen and oxygen atoms in total. The Morgan fingerprint density at radius 2 is 2.14 bits per heavy atom. The molecular formula is C15H13ClFN3S. The molecule has 0 fully saturated rings. The molecule has 0 aliphatic carbocycles. The van der Waals surface area contributed by atoms with Gasteiger partial charge in [0.1, 0.15) is 11.5 Å². The Balaban J connectivity index is 2.21. The van der Waals surface area contributed by atoms with Gasteiger partial charge < -0.3 is 0 Å². The molecule has 0 N–H and O–H groups in total. The zero-order chi connectivity index (χ0) is 15.0. The summed E-state index contributed by atoms with van der Waals surface area (Å²) in [5.41, 5.74) is 2.87. The second kappa shape index (κ2) is 5.58. The number of hydrogen-bond donors (Lipinski definition) is 0. The maximum atomic E-state index is 14.1. The van der Waals surface area contributed by atoms with Gasteiger partial charge in [-0.2, -0.15) is 5.10 Å². The van der Waals surface area contributed by atoms with E-state index in [1.54, 1.807) is 12.3 Å². The molecule has 3 rings (SSSR count). The molecule has 0 amide bonds. The van der Waals surface area contributed by atoms with Crippen LogP contribution in [-0.2, 0) is 0 Å². The topological polar surface area (TPSA) is 30.7 Å². The Hall–Kier alpha value is -1.72. The molecular weight excluding hydrogens is 309 g/mol. The highest BCUT2D eigenvalue weighted by Gasteiger charge is 2.18. The van der Waals surface area contributed by atoms with Crippen LogP contribution in [0.25, 0.3) is 22.4 Å². The summed E-state index contributed by atoms with van der Waals surface area (Å²) in [6.07, 6.45) is 4.66. The van der Waals surface area contributed by atoms with Crippen LogP contribution in [0.15, 0.2) is 36.1 Å². The normalized spacial score (nSPS) is 11.3. The van der Waals surface area contributed by atoms with E-state index in [4.69, 9.17) is 11.6 Å². The maximum absolute atomic E-state index is 14.1. The minimum Gasteiger partial charge on any atom is -0.269 e. The minimum absolute atomic E-state index is 0.191. The molecule has 0 aliphatic heterocycles. The first-order chi connectivity index (χ1) is 10.1. The summed E-state index contributed by atoms with van der Waals surface area (Å²) >= 11 is 7.44. The monoisotopic (exact) mass is 321 g/mol. The van der Waals surface area contributed by atoms with Crippen molar-refractivity contribution in [1.82, 2.24) is 14.8 Å². The summed E-state index contributed by atoms with van der Waals surface area (Å²) in [4.78, 5) is 3.80. The van der Waals surface area contributed by atoms with Crippen molar-refractivity contribution in [3.63, 3.8) is 0 Å². The van der Waals surface area contributed by atoms with Crippen molar-refractivity contribution in [2.24, 2.45) is 0 Å². The number of aromatic nitrogens is 3. The van der Waals surface area contributed by atoms with Crippen molar-refractivity contribution < 1.29 is 4.39 Å². The van der Waals surface area contributed by atoms with Crippen molar-refractivity contribution in [2.75, 3.05) is 0 Å². The fraction of sp³-hybridized carbons (Fsp3) is 0.200. The van der Waals surface area contributed by atoms with E-state index in [1.165, 1.54) is 17.5 Å². The van der Waals surface area contributed by atoms with E-state index < -0.39 is 0 Å². The van der Waals surface area contributed by atoms with Crippen LogP contribution in [0.1, 0.15) is 19.9 Å². The third-order valence-corrected chi connectivity index (χ3v) is 4.26. The van der Waals surface area contributed by atoms with Gasteiger partial charge in [0.05, 0.1) is 10.5 Å². The predicted molar refractivity (Wildman–Crippen MR) is 84.1 cm³/mol. The average Bonchev–Trinajstić information content (AvgIpc) is 3.05. The smallest absolute Gasteiger partial charge is 0.149 e. The molecule has 0 atom stereocenters. The van der Waals surface area contributed by atoms with Gasteiger partial charge in [-0.25, -0.2) is 4.39 Å². The van der Waals surface area contributed by atoms with Gasteiger partial charge >= 0.3 is 0 Å². The van der Waals surface area contributed by atoms with Gasteiger partial charge in [-0.05, 0) is 26.0 Å². The molecule has 0 unspecified atom stereocenters. The number of halogens is 2. The molecule has 0 saturated heterocycles. The van der Waals surface area contributed by atoms with Crippen LogP contribution in [0.2, 0.25) is 4.34 Å². The number of hydrogen-bond acceptors (Lipinski definition) is 3. The van der Waals surface area contributed by atoms with E-state index in [-0.39, 0.29) is 11.9 Å². The van der Waals surface area contributed by atoms with Gasteiger partial charge in [-0.15, -0.1) is 11.3 Å². The number of rotatable bonds is 3. The van der Waals surface area contributed by atoms with Gasteiger partial charge in [0, 0.05) is 40.5 Å². The lowest BCUT2D eigenvalue weighted by Crippen LogP contribution is -2.00. The molecule has 0 aromatic carbocycles. The van der Waals surface area contributed by atoms with Gasteiger partial charge in [0.25, 0.3) is 0 Å². The molecule has 0 aliphatic rings. The lowest BCUT2D eigenvalue weighted by atomic mass is 10.0. The van der Waals surface area contributed by atoms with Crippen LogP contribution < -0.4 is 0 Å². The van der Waals surface area contributed by atoms with E-state index in [2.05, 4.69) is 10.1 Å². The Morgan fingerprint density at radius 1 is 1.33 bits per heavy atom. The SMILES string of the molecule is CC(C)n1cc(-c2ccncc2F)c(-c2csc(Cl)c2)n1. The van der Waals surface area contributed by atoms with E-state index in [1.807, 2.05) is 36.2 Å². The zero-order valence-corrected chi connectivity index (χ0v) is 13.1. The van der Waals surface area contributed by atoms with Crippen molar-refractivity contribution >= 4 is 22.9 Å². The fourth-order valence-electron chi connectivity index (χ4n) is 2.09. The van der Waals surface area contributed by atoms with Crippen molar-refractivity contribution in [1.29, 1.82) is 0 Å². The third-order valence-electron chi connectivity index (χ3n) is 3.16. The standard InChI is InChI=1S/C15H13ClFN3S/c1-9(2)20-7-12(11-3-4-18-6-13(11)17)15(19-20)10-5-14(16)21-8-10/h3-9H,1-2H3. The highest BCUT2D eigenvalue weighted by Crippen LogP contribution is 2.36. The van der Waals surface area contributed by atoms with E-state index >= 15 is 0 Å². The Labute approximate surface area is 131 Å². The van der Waals surface area contributed by atoms with Crippen LogP contribution in [0.3, 0.4) is 0 Å². The van der Waals surface area contributed by atoms with Crippen LogP contribution in [0.4, 0.5) is 4.39 Å². The molecule has 0 saturated carbocycles. The van der Waals surface area contributed by atoms with Gasteiger partial charge in [0.2, 0.25) is 0 Å². The first kappa shape index (κ1) is 14.2. The van der Waals surface area contributed by atoms with Crippen LogP contribution in [-0.4, -0.2) is 14.8 Å². The molecule has 3 aromatic heterocycles. The lowest BCUT2D eigenvalue weighted by molar-refractivity contribution is 0.534. The number of thiophene rings is 1.